The van der Waals surface area contributed by atoms with Crippen molar-refractivity contribution in [2.45, 2.75) is 25.5 Å². The summed E-state index contributed by atoms with van der Waals surface area (Å²) in [7, 11) is 0. The lowest BCUT2D eigenvalue weighted by Gasteiger charge is -2.01. The van der Waals surface area contributed by atoms with Crippen LogP contribution in [0.15, 0.2) is 28.7 Å². The molecule has 1 amide bonds. The number of amides is 1. The number of hydrogen-bond donors (Lipinski definition) is 1. The normalized spacial score (nSPS) is 11.3. The molecule has 0 spiro atoms. The van der Waals surface area contributed by atoms with Crippen molar-refractivity contribution >= 4 is 45.1 Å². The van der Waals surface area contributed by atoms with Crippen LogP contribution in [-0.4, -0.2) is 22.4 Å². The Hall–Kier alpha value is -1.86. The summed E-state index contributed by atoms with van der Waals surface area (Å²) in [5, 5.41) is 13.3. The fourth-order valence-corrected chi connectivity index (χ4v) is 3.56. The maximum absolute atomic E-state index is 12.6. The van der Waals surface area contributed by atoms with E-state index in [2.05, 4.69) is 15.5 Å². The molecule has 1 aromatic carbocycles. The minimum Gasteiger partial charge on any atom is -0.451 e. The van der Waals surface area contributed by atoms with Gasteiger partial charge >= 0.3 is 0 Å². The van der Waals surface area contributed by atoms with Crippen LogP contribution in [0.5, 0.6) is 0 Å². The number of nitrogens with one attached hydrogen (secondary N) is 1. The Balaban J connectivity index is 1.91. The molecule has 0 saturated heterocycles. The highest BCUT2D eigenvalue weighted by Gasteiger charge is 2.21. The van der Waals surface area contributed by atoms with Gasteiger partial charge in [-0.1, -0.05) is 43.4 Å². The van der Waals surface area contributed by atoms with Gasteiger partial charge in [0.05, 0.1) is 0 Å². The number of hydrogen-bond acceptors (Lipinski definition) is 6. The second kappa shape index (κ2) is 6.72. The summed E-state index contributed by atoms with van der Waals surface area (Å²) in [6.07, 6.45) is 2.00. The molecule has 3 aromatic rings. The third-order valence-electron chi connectivity index (χ3n) is 3.35. The average molecular weight is 347 g/mol. The second-order valence-electron chi connectivity index (χ2n) is 5.39. The molecule has 0 atom stereocenters. The molecule has 0 aliphatic rings. The van der Waals surface area contributed by atoms with Gasteiger partial charge in [-0.05, 0) is 12.3 Å². The lowest BCUT2D eigenvalue weighted by Crippen LogP contribution is -2.12. The van der Waals surface area contributed by atoms with Gasteiger partial charge in [-0.25, -0.2) is 0 Å². The zero-order valence-electron chi connectivity index (χ0n) is 13.1. The van der Waals surface area contributed by atoms with Gasteiger partial charge in [0.25, 0.3) is 5.91 Å². The first-order chi connectivity index (χ1) is 11.1. The molecule has 0 fully saturated rings. The van der Waals surface area contributed by atoms with Gasteiger partial charge in [0, 0.05) is 22.6 Å². The van der Waals surface area contributed by atoms with E-state index >= 15 is 0 Å². The highest BCUT2D eigenvalue weighted by atomic mass is 32.2. The number of carbonyl (C=O) groups excluding carboxylic acids is 1. The Bertz CT molecular complexity index is 839. The minimum absolute atomic E-state index is 0.281. The van der Waals surface area contributed by atoms with Crippen molar-refractivity contribution in [3.05, 3.63) is 40.6 Å². The van der Waals surface area contributed by atoms with E-state index in [1.165, 1.54) is 11.3 Å². The number of para-hydroxylation sites is 1. The first kappa shape index (κ1) is 16.0. The summed E-state index contributed by atoms with van der Waals surface area (Å²) in [5.74, 6) is 1.07. The summed E-state index contributed by atoms with van der Waals surface area (Å²) >= 11 is 3.04. The fraction of sp³-hybridized carbons (Fsp3) is 0.312. The van der Waals surface area contributed by atoms with Crippen LogP contribution in [0.4, 0.5) is 5.13 Å². The van der Waals surface area contributed by atoms with Crippen LogP contribution < -0.4 is 5.32 Å². The third kappa shape index (κ3) is 3.25. The first-order valence-corrected chi connectivity index (χ1v) is 9.45. The fourth-order valence-electron chi connectivity index (χ4n) is 2.24. The molecule has 1 N–H and O–H groups in total. The quantitative estimate of drug-likeness (QED) is 0.735. The SMILES string of the molecule is CSCc1c(C(=O)Nc2nnc(C(C)C)s2)oc2ccccc12. The molecule has 0 radical (unpaired) electrons. The number of anilines is 1. The van der Waals surface area contributed by atoms with Crippen LogP contribution in [0.25, 0.3) is 11.0 Å². The molecule has 0 aliphatic heterocycles. The van der Waals surface area contributed by atoms with Gasteiger partial charge in [0.15, 0.2) is 5.76 Å². The van der Waals surface area contributed by atoms with E-state index in [0.717, 1.165) is 21.5 Å². The van der Waals surface area contributed by atoms with Crippen molar-refractivity contribution in [1.29, 1.82) is 0 Å². The van der Waals surface area contributed by atoms with E-state index in [9.17, 15) is 4.79 Å². The van der Waals surface area contributed by atoms with Crippen LogP contribution >= 0.6 is 23.1 Å². The largest absolute Gasteiger partial charge is 0.451 e. The predicted octanol–water partition coefficient (Wildman–Crippen LogP) is 4.52. The summed E-state index contributed by atoms with van der Waals surface area (Å²) in [4.78, 5) is 12.6. The number of aromatic nitrogens is 2. The van der Waals surface area contributed by atoms with Crippen molar-refractivity contribution in [2.24, 2.45) is 0 Å². The van der Waals surface area contributed by atoms with E-state index < -0.39 is 0 Å². The smallest absolute Gasteiger partial charge is 0.293 e. The van der Waals surface area contributed by atoms with Crippen molar-refractivity contribution in [3.8, 4) is 0 Å². The van der Waals surface area contributed by atoms with Crippen LogP contribution in [-0.2, 0) is 5.75 Å². The lowest BCUT2D eigenvalue weighted by atomic mass is 10.1. The van der Waals surface area contributed by atoms with E-state index in [-0.39, 0.29) is 11.8 Å². The number of benzene rings is 1. The molecule has 0 unspecified atom stereocenters. The summed E-state index contributed by atoms with van der Waals surface area (Å²) < 4.78 is 5.77. The number of thioether (sulfide) groups is 1. The highest BCUT2D eigenvalue weighted by Crippen LogP contribution is 2.30. The minimum atomic E-state index is -0.281. The van der Waals surface area contributed by atoms with Crippen LogP contribution in [0.1, 0.15) is 40.9 Å². The molecular formula is C16H17N3O2S2. The molecule has 0 saturated carbocycles. The molecular weight excluding hydrogens is 330 g/mol. The molecule has 2 heterocycles. The number of rotatable bonds is 5. The van der Waals surface area contributed by atoms with Crippen LogP contribution in [0.2, 0.25) is 0 Å². The van der Waals surface area contributed by atoms with E-state index in [1.54, 1.807) is 11.8 Å². The van der Waals surface area contributed by atoms with Crippen LogP contribution in [0, 0.1) is 0 Å². The lowest BCUT2D eigenvalue weighted by molar-refractivity contribution is 0.0997. The van der Waals surface area contributed by atoms with Gasteiger partial charge in [-0.3, -0.25) is 10.1 Å². The topological polar surface area (TPSA) is 68.0 Å². The molecule has 5 nitrogen and oxygen atoms in total. The van der Waals surface area contributed by atoms with Gasteiger partial charge in [0.2, 0.25) is 5.13 Å². The summed E-state index contributed by atoms with van der Waals surface area (Å²) in [5.41, 5.74) is 1.64. The molecule has 3 rings (SSSR count). The maximum atomic E-state index is 12.6. The van der Waals surface area contributed by atoms with Gasteiger partial charge in [-0.15, -0.1) is 10.2 Å². The molecule has 2 aromatic heterocycles. The van der Waals surface area contributed by atoms with Crippen molar-refractivity contribution in [1.82, 2.24) is 10.2 Å². The van der Waals surface area contributed by atoms with Gasteiger partial charge in [-0.2, -0.15) is 11.8 Å². The van der Waals surface area contributed by atoms with Gasteiger partial charge in [0.1, 0.15) is 10.6 Å². The van der Waals surface area contributed by atoms with Crippen LogP contribution in [0.3, 0.4) is 0 Å². The number of nitrogens with zero attached hydrogens (tertiary/aromatic N) is 2. The molecule has 0 aliphatic carbocycles. The zero-order chi connectivity index (χ0) is 16.4. The number of carbonyl (C=O) groups is 1. The monoisotopic (exact) mass is 347 g/mol. The Morgan fingerprint density at radius 2 is 2.13 bits per heavy atom. The van der Waals surface area contributed by atoms with E-state index in [0.29, 0.717) is 16.6 Å². The standard InChI is InChI=1S/C16H17N3O2S2/c1-9(2)15-18-19-16(23-15)17-14(20)13-11(8-22-3)10-6-4-5-7-12(10)21-13/h4-7,9H,8H2,1-3H3,(H,17,19,20). The Labute approximate surface area is 142 Å². The van der Waals surface area contributed by atoms with Gasteiger partial charge < -0.3 is 4.42 Å². The average Bonchev–Trinajstić information content (AvgIpc) is 3.13. The molecule has 23 heavy (non-hydrogen) atoms. The Morgan fingerprint density at radius 3 is 2.83 bits per heavy atom. The molecule has 7 heteroatoms. The number of furan rings is 1. The highest BCUT2D eigenvalue weighted by molar-refractivity contribution is 7.97. The second-order valence-corrected chi connectivity index (χ2v) is 7.27. The Kier molecular flexibility index (Phi) is 4.68. The summed E-state index contributed by atoms with van der Waals surface area (Å²) in [6.45, 7) is 4.09. The predicted molar refractivity (Wildman–Crippen MR) is 95.4 cm³/mol. The van der Waals surface area contributed by atoms with E-state index in [4.69, 9.17) is 4.42 Å². The summed E-state index contributed by atoms with van der Waals surface area (Å²) in [6, 6.07) is 7.69. The number of fused-ring (bicyclic) bond motifs is 1. The first-order valence-electron chi connectivity index (χ1n) is 7.24. The zero-order valence-corrected chi connectivity index (χ0v) is 14.8. The Morgan fingerprint density at radius 1 is 1.35 bits per heavy atom. The van der Waals surface area contributed by atoms with Crippen molar-refractivity contribution in [2.75, 3.05) is 11.6 Å². The van der Waals surface area contributed by atoms with E-state index in [1.807, 2.05) is 44.4 Å². The van der Waals surface area contributed by atoms with Crippen molar-refractivity contribution < 1.29 is 9.21 Å². The molecule has 0 bridgehead atoms. The maximum Gasteiger partial charge on any atom is 0.293 e. The molecule has 120 valence electrons. The third-order valence-corrected chi connectivity index (χ3v) is 5.06. The van der Waals surface area contributed by atoms with Crippen molar-refractivity contribution in [3.63, 3.8) is 0 Å².